The number of alkyl carbamates (subject to hydrolysis) is 1. The van der Waals surface area contributed by atoms with Crippen LogP contribution in [0.15, 0.2) is 0 Å². The maximum Gasteiger partial charge on any atom is 0.408 e. The van der Waals surface area contributed by atoms with Crippen molar-refractivity contribution in [2.75, 3.05) is 0 Å². The SMILES string of the molecule is CC(C)(C)NC(=O)OC(C(=O)O)C(C)(C)C. The molecule has 0 aliphatic rings. The molecule has 16 heavy (non-hydrogen) atoms. The van der Waals surface area contributed by atoms with Crippen LogP contribution >= 0.6 is 0 Å². The molecular formula is C11H21NO4. The quantitative estimate of drug-likeness (QED) is 0.762. The van der Waals surface area contributed by atoms with Gasteiger partial charge in [0.1, 0.15) is 0 Å². The normalized spacial score (nSPS) is 14.1. The average molecular weight is 231 g/mol. The van der Waals surface area contributed by atoms with Crippen LogP contribution in [0.2, 0.25) is 0 Å². The summed E-state index contributed by atoms with van der Waals surface area (Å²) in [5.74, 6) is -1.14. The van der Waals surface area contributed by atoms with Crippen molar-refractivity contribution in [1.29, 1.82) is 0 Å². The van der Waals surface area contributed by atoms with Gasteiger partial charge in [-0.15, -0.1) is 0 Å². The Kier molecular flexibility index (Phi) is 4.35. The summed E-state index contributed by atoms with van der Waals surface area (Å²) in [7, 11) is 0. The Morgan fingerprint density at radius 1 is 1.12 bits per heavy atom. The smallest absolute Gasteiger partial charge is 0.408 e. The minimum atomic E-state index is -1.16. The topological polar surface area (TPSA) is 75.6 Å². The van der Waals surface area contributed by atoms with Crippen molar-refractivity contribution in [2.45, 2.75) is 53.2 Å². The van der Waals surface area contributed by atoms with Crippen molar-refractivity contribution in [3.8, 4) is 0 Å². The van der Waals surface area contributed by atoms with Gasteiger partial charge in [0.05, 0.1) is 0 Å². The van der Waals surface area contributed by atoms with Crippen molar-refractivity contribution in [3.63, 3.8) is 0 Å². The Bertz CT molecular complexity index is 273. The van der Waals surface area contributed by atoms with E-state index in [1.165, 1.54) is 0 Å². The predicted molar refractivity (Wildman–Crippen MR) is 60.2 cm³/mol. The Hall–Kier alpha value is -1.26. The Morgan fingerprint density at radius 3 is 1.81 bits per heavy atom. The average Bonchev–Trinajstić information content (AvgIpc) is 1.93. The number of nitrogens with one attached hydrogen (secondary N) is 1. The molecule has 2 N–H and O–H groups in total. The molecule has 0 aliphatic heterocycles. The number of ether oxygens (including phenoxy) is 1. The number of carbonyl (C=O) groups is 2. The summed E-state index contributed by atoms with van der Waals surface area (Å²) in [6, 6.07) is 0. The van der Waals surface area contributed by atoms with Gasteiger partial charge < -0.3 is 15.2 Å². The van der Waals surface area contributed by atoms with Gasteiger partial charge in [0.2, 0.25) is 6.10 Å². The zero-order valence-corrected chi connectivity index (χ0v) is 10.7. The molecule has 0 bridgehead atoms. The van der Waals surface area contributed by atoms with E-state index in [2.05, 4.69) is 5.32 Å². The van der Waals surface area contributed by atoms with E-state index >= 15 is 0 Å². The molecular weight excluding hydrogens is 210 g/mol. The van der Waals surface area contributed by atoms with E-state index in [1.54, 1.807) is 41.5 Å². The number of carboxylic acid groups (broad SMARTS) is 1. The molecule has 1 amide bonds. The number of carboxylic acids is 1. The van der Waals surface area contributed by atoms with Gasteiger partial charge in [-0.3, -0.25) is 0 Å². The molecule has 0 aromatic carbocycles. The molecule has 5 nitrogen and oxygen atoms in total. The van der Waals surface area contributed by atoms with Gasteiger partial charge in [-0.2, -0.15) is 0 Å². The maximum absolute atomic E-state index is 11.4. The van der Waals surface area contributed by atoms with E-state index in [-0.39, 0.29) is 0 Å². The Labute approximate surface area is 96.2 Å². The lowest BCUT2D eigenvalue weighted by molar-refractivity contribution is -0.152. The summed E-state index contributed by atoms with van der Waals surface area (Å²) in [6.07, 6.45) is -1.87. The molecule has 94 valence electrons. The summed E-state index contributed by atoms with van der Waals surface area (Å²) < 4.78 is 4.90. The number of aliphatic carboxylic acids is 1. The number of hydrogen-bond donors (Lipinski definition) is 2. The summed E-state index contributed by atoms with van der Waals surface area (Å²) in [6.45, 7) is 10.5. The minimum Gasteiger partial charge on any atom is -0.478 e. The predicted octanol–water partition coefficient (Wildman–Crippen LogP) is 2.01. The molecule has 0 aromatic heterocycles. The lowest BCUT2D eigenvalue weighted by Gasteiger charge is -2.28. The highest BCUT2D eigenvalue weighted by Crippen LogP contribution is 2.22. The van der Waals surface area contributed by atoms with Crippen LogP contribution in [0.5, 0.6) is 0 Å². The number of carbonyl (C=O) groups excluding carboxylic acids is 1. The highest BCUT2D eigenvalue weighted by Gasteiger charge is 2.35. The fourth-order valence-corrected chi connectivity index (χ4v) is 1.04. The second kappa shape index (κ2) is 4.72. The molecule has 0 saturated carbocycles. The summed E-state index contributed by atoms with van der Waals surface area (Å²) in [5, 5.41) is 11.5. The first-order valence-corrected chi connectivity index (χ1v) is 5.15. The lowest BCUT2D eigenvalue weighted by atomic mass is 9.89. The third kappa shape index (κ3) is 5.58. The molecule has 0 heterocycles. The molecule has 5 heteroatoms. The number of rotatable bonds is 2. The van der Waals surface area contributed by atoms with Crippen LogP contribution < -0.4 is 5.32 Å². The monoisotopic (exact) mass is 231 g/mol. The molecule has 0 radical (unpaired) electrons. The van der Waals surface area contributed by atoms with E-state index in [9.17, 15) is 9.59 Å². The van der Waals surface area contributed by atoms with Gasteiger partial charge >= 0.3 is 12.1 Å². The Balaban J connectivity index is 4.56. The summed E-state index contributed by atoms with van der Waals surface area (Å²) in [5.41, 5.74) is -1.08. The largest absolute Gasteiger partial charge is 0.478 e. The first-order chi connectivity index (χ1) is 6.93. The van der Waals surface area contributed by atoms with Crippen LogP contribution in [0.4, 0.5) is 4.79 Å². The highest BCUT2D eigenvalue weighted by molar-refractivity contribution is 5.78. The van der Waals surface area contributed by atoms with Crippen molar-refractivity contribution in [1.82, 2.24) is 5.32 Å². The van der Waals surface area contributed by atoms with Crippen LogP contribution in [0.25, 0.3) is 0 Å². The minimum absolute atomic E-state index is 0.446. The van der Waals surface area contributed by atoms with Crippen LogP contribution in [0.1, 0.15) is 41.5 Å². The molecule has 1 unspecified atom stereocenters. The second-order valence-electron chi connectivity index (χ2n) is 5.86. The van der Waals surface area contributed by atoms with Crippen LogP contribution in [-0.2, 0) is 9.53 Å². The van der Waals surface area contributed by atoms with Crippen LogP contribution in [0.3, 0.4) is 0 Å². The molecule has 0 aliphatic carbocycles. The van der Waals surface area contributed by atoms with Gasteiger partial charge in [0.15, 0.2) is 0 Å². The molecule has 0 aromatic rings. The molecule has 0 spiro atoms. The van der Waals surface area contributed by atoms with Crippen molar-refractivity contribution >= 4 is 12.1 Å². The molecule has 0 fully saturated rings. The van der Waals surface area contributed by atoms with Crippen LogP contribution in [-0.4, -0.2) is 28.8 Å². The lowest BCUT2D eigenvalue weighted by Crippen LogP contribution is -2.46. The standard InChI is InChI=1S/C11H21NO4/c1-10(2,3)7(8(13)14)16-9(15)12-11(4,5)6/h7H,1-6H3,(H,12,15)(H,13,14). The fraction of sp³-hybridized carbons (Fsp3) is 0.818. The zero-order chi connectivity index (χ0) is 13.1. The molecule has 0 rings (SSSR count). The third-order valence-corrected chi connectivity index (χ3v) is 1.71. The van der Waals surface area contributed by atoms with Crippen molar-refractivity contribution in [3.05, 3.63) is 0 Å². The van der Waals surface area contributed by atoms with Gasteiger partial charge in [-0.1, -0.05) is 20.8 Å². The van der Waals surface area contributed by atoms with Crippen molar-refractivity contribution in [2.24, 2.45) is 5.41 Å². The van der Waals surface area contributed by atoms with E-state index in [0.717, 1.165) is 0 Å². The number of amides is 1. The zero-order valence-electron chi connectivity index (χ0n) is 10.7. The van der Waals surface area contributed by atoms with Crippen molar-refractivity contribution < 1.29 is 19.4 Å². The fourth-order valence-electron chi connectivity index (χ4n) is 1.04. The van der Waals surface area contributed by atoms with E-state index < -0.39 is 29.1 Å². The van der Waals surface area contributed by atoms with E-state index in [4.69, 9.17) is 9.84 Å². The van der Waals surface area contributed by atoms with Gasteiger partial charge in [0.25, 0.3) is 0 Å². The number of hydrogen-bond acceptors (Lipinski definition) is 3. The molecule has 0 saturated heterocycles. The Morgan fingerprint density at radius 2 is 1.56 bits per heavy atom. The first kappa shape index (κ1) is 14.7. The molecule has 1 atom stereocenters. The van der Waals surface area contributed by atoms with Crippen LogP contribution in [0, 0.1) is 5.41 Å². The van der Waals surface area contributed by atoms with Gasteiger partial charge in [-0.05, 0) is 20.8 Å². The second-order valence-corrected chi connectivity index (χ2v) is 5.86. The van der Waals surface area contributed by atoms with Gasteiger partial charge in [-0.25, -0.2) is 9.59 Å². The third-order valence-electron chi connectivity index (χ3n) is 1.71. The maximum atomic E-state index is 11.4. The summed E-state index contributed by atoms with van der Waals surface area (Å²) in [4.78, 5) is 22.4. The van der Waals surface area contributed by atoms with E-state index in [0.29, 0.717) is 0 Å². The van der Waals surface area contributed by atoms with Gasteiger partial charge in [0, 0.05) is 11.0 Å². The van der Waals surface area contributed by atoms with E-state index in [1.807, 2.05) is 0 Å². The first-order valence-electron chi connectivity index (χ1n) is 5.15. The highest BCUT2D eigenvalue weighted by atomic mass is 16.6. The summed E-state index contributed by atoms with van der Waals surface area (Å²) >= 11 is 0.